The number of amides is 5. The molecule has 0 radical (unpaired) electrons. The van der Waals surface area contributed by atoms with Gasteiger partial charge in [-0.3, -0.25) is 39.1 Å². The van der Waals surface area contributed by atoms with Gasteiger partial charge in [0, 0.05) is 72.8 Å². The maximum Gasteiger partial charge on any atom is 0.262 e. The van der Waals surface area contributed by atoms with Crippen LogP contribution in [0.4, 0.5) is 5.69 Å². The van der Waals surface area contributed by atoms with Crippen LogP contribution < -0.4 is 25.0 Å². The number of piperazine rings is 1. The average Bonchev–Trinajstić information content (AvgIpc) is 3.43. The first-order chi connectivity index (χ1) is 27.6. The molecule has 302 valence electrons. The molecule has 13 nitrogen and oxygen atoms in total. The number of ether oxygens (including phenoxy) is 2. The molecule has 2 saturated heterocycles. The minimum absolute atomic E-state index is 0.0741. The van der Waals surface area contributed by atoms with Crippen LogP contribution in [0.2, 0.25) is 5.02 Å². The Kier molecular flexibility index (Phi) is 10.2. The molecule has 3 heterocycles. The Hall–Kier alpha value is -5.45. The second-order valence-electron chi connectivity index (χ2n) is 17.3. The van der Waals surface area contributed by atoms with Crippen LogP contribution in [0.25, 0.3) is 0 Å². The molecule has 5 aliphatic rings. The Bertz CT molecular complexity index is 2210. The predicted molar refractivity (Wildman–Crippen MR) is 215 cm³/mol. The first-order valence-corrected chi connectivity index (χ1v) is 20.3. The van der Waals surface area contributed by atoms with Crippen LogP contribution in [-0.4, -0.2) is 96.4 Å². The highest BCUT2D eigenvalue weighted by atomic mass is 35.5. The molecule has 2 aliphatic carbocycles. The molecule has 8 rings (SSSR count). The standard InChI is InChI=1S/C44H47ClN6O7/c1-43(2)41(44(3,4)42(43)58-31-10-7-27(23-46)34(45)22-31)48-37(53)26-5-8-28(9-6-26)49-15-17-50(18-16-49)29-19-25(20-29)24-57-30-11-12-32-33(21-30)40(56)51(39(32)55)35-13-14-36(52)47-38(35)54/h5-12,21-22,25,29,35,41-42H,13-20,24H2,1-4H3,(H,48,53)(H,47,52,54)/t25-,29+,35?,41-,42-. The van der Waals surface area contributed by atoms with E-state index in [4.69, 9.17) is 21.1 Å². The fourth-order valence-corrected chi connectivity index (χ4v) is 10.1. The van der Waals surface area contributed by atoms with E-state index in [1.54, 1.807) is 36.4 Å². The number of anilines is 1. The van der Waals surface area contributed by atoms with Crippen molar-refractivity contribution in [1.82, 2.24) is 20.4 Å². The topological polar surface area (TPSA) is 161 Å². The summed E-state index contributed by atoms with van der Waals surface area (Å²) in [7, 11) is 0. The first-order valence-electron chi connectivity index (χ1n) is 19.9. The fourth-order valence-electron chi connectivity index (χ4n) is 9.87. The third-order valence-electron chi connectivity index (χ3n) is 12.9. The van der Waals surface area contributed by atoms with Gasteiger partial charge in [-0.05, 0) is 79.8 Å². The third-order valence-corrected chi connectivity index (χ3v) is 13.2. The van der Waals surface area contributed by atoms with Crippen molar-refractivity contribution >= 4 is 46.8 Å². The zero-order valence-corrected chi connectivity index (χ0v) is 33.8. The van der Waals surface area contributed by atoms with E-state index in [1.807, 2.05) is 24.3 Å². The molecular formula is C44H47ClN6O7. The Morgan fingerprint density at radius 1 is 0.897 bits per heavy atom. The van der Waals surface area contributed by atoms with Crippen LogP contribution >= 0.6 is 11.6 Å². The first kappa shape index (κ1) is 39.4. The summed E-state index contributed by atoms with van der Waals surface area (Å²) in [6, 6.07) is 19.2. The highest BCUT2D eigenvalue weighted by molar-refractivity contribution is 6.31. The Balaban J connectivity index is 0.776. The van der Waals surface area contributed by atoms with Gasteiger partial charge in [-0.15, -0.1) is 0 Å². The van der Waals surface area contributed by atoms with E-state index in [2.05, 4.69) is 54.2 Å². The second kappa shape index (κ2) is 15.1. The van der Waals surface area contributed by atoms with Crippen molar-refractivity contribution in [1.29, 1.82) is 5.26 Å². The van der Waals surface area contributed by atoms with Gasteiger partial charge in [-0.1, -0.05) is 39.3 Å². The van der Waals surface area contributed by atoms with E-state index < -0.39 is 29.7 Å². The number of hydrogen-bond acceptors (Lipinski definition) is 10. The van der Waals surface area contributed by atoms with Crippen molar-refractivity contribution in [2.24, 2.45) is 16.7 Å². The van der Waals surface area contributed by atoms with Crippen LogP contribution in [0.1, 0.15) is 90.0 Å². The van der Waals surface area contributed by atoms with Crippen molar-refractivity contribution in [2.45, 2.75) is 77.6 Å². The number of carbonyl (C=O) groups is 5. The lowest BCUT2D eigenvalue weighted by atomic mass is 9.49. The SMILES string of the molecule is CC1(C)[C@H](NC(=O)c2ccc(N3CCN([C@H]4C[C@@H](COc5ccc6c(c5)C(=O)N(C5CCC(=O)NC5=O)C6=O)C4)CC3)cc2)C(C)(C)[C@H]1Oc1ccc(C#N)c(Cl)c1. The quantitative estimate of drug-likeness (QED) is 0.261. The summed E-state index contributed by atoms with van der Waals surface area (Å²) < 4.78 is 12.5. The average molecular weight is 807 g/mol. The van der Waals surface area contributed by atoms with Gasteiger partial charge in [0.25, 0.3) is 17.7 Å². The van der Waals surface area contributed by atoms with Gasteiger partial charge in [-0.25, -0.2) is 0 Å². The summed E-state index contributed by atoms with van der Waals surface area (Å²) in [6.45, 7) is 12.5. The van der Waals surface area contributed by atoms with Crippen LogP contribution in [0.5, 0.6) is 11.5 Å². The van der Waals surface area contributed by atoms with Crippen molar-refractivity contribution in [3.63, 3.8) is 0 Å². The molecule has 3 aromatic carbocycles. The molecule has 0 bridgehead atoms. The smallest absolute Gasteiger partial charge is 0.262 e. The van der Waals surface area contributed by atoms with Crippen molar-refractivity contribution in [3.05, 3.63) is 87.9 Å². The van der Waals surface area contributed by atoms with Crippen LogP contribution in [0.15, 0.2) is 60.7 Å². The Labute approximate surface area is 342 Å². The summed E-state index contributed by atoms with van der Waals surface area (Å²) in [6.07, 6.45) is 2.03. The van der Waals surface area contributed by atoms with Crippen molar-refractivity contribution in [3.8, 4) is 17.6 Å². The molecule has 2 N–H and O–H groups in total. The van der Waals surface area contributed by atoms with Crippen molar-refractivity contribution in [2.75, 3.05) is 37.7 Å². The Morgan fingerprint density at radius 2 is 1.57 bits per heavy atom. The number of piperidine rings is 1. The largest absolute Gasteiger partial charge is 0.493 e. The number of nitrogens with zero attached hydrogens (tertiary/aromatic N) is 4. The predicted octanol–water partition coefficient (Wildman–Crippen LogP) is 5.20. The van der Waals surface area contributed by atoms with E-state index in [0.717, 1.165) is 49.6 Å². The molecule has 1 atom stereocenters. The second-order valence-corrected chi connectivity index (χ2v) is 17.7. The minimum atomic E-state index is -0.999. The van der Waals surface area contributed by atoms with Crippen LogP contribution in [-0.2, 0) is 9.59 Å². The minimum Gasteiger partial charge on any atom is -0.493 e. The van der Waals surface area contributed by atoms with Gasteiger partial charge in [-0.2, -0.15) is 5.26 Å². The van der Waals surface area contributed by atoms with Gasteiger partial charge in [0.2, 0.25) is 11.8 Å². The van der Waals surface area contributed by atoms with E-state index in [0.29, 0.717) is 46.2 Å². The summed E-state index contributed by atoms with van der Waals surface area (Å²) >= 11 is 6.25. The van der Waals surface area contributed by atoms with Gasteiger partial charge >= 0.3 is 0 Å². The summed E-state index contributed by atoms with van der Waals surface area (Å²) in [5.41, 5.74) is 1.82. The molecule has 0 aromatic heterocycles. The highest BCUT2D eigenvalue weighted by Gasteiger charge is 2.64. The van der Waals surface area contributed by atoms with Gasteiger partial charge in [0.05, 0.1) is 28.3 Å². The molecule has 58 heavy (non-hydrogen) atoms. The fraction of sp³-hybridized carbons (Fsp3) is 0.455. The number of nitriles is 1. The maximum atomic E-state index is 13.5. The molecule has 4 fully saturated rings. The number of benzene rings is 3. The molecule has 14 heteroatoms. The lowest BCUT2D eigenvalue weighted by Crippen LogP contribution is -2.74. The number of halogens is 1. The highest BCUT2D eigenvalue weighted by Crippen LogP contribution is 2.55. The number of carbonyl (C=O) groups excluding carboxylic acids is 5. The molecular weight excluding hydrogens is 760 g/mol. The maximum absolute atomic E-state index is 13.5. The summed E-state index contributed by atoms with van der Waals surface area (Å²) in [4.78, 5) is 69.4. The zero-order valence-electron chi connectivity index (χ0n) is 33.0. The van der Waals surface area contributed by atoms with E-state index in [-0.39, 0.29) is 52.9 Å². The summed E-state index contributed by atoms with van der Waals surface area (Å²) in [5, 5.41) is 15.0. The molecule has 2 saturated carbocycles. The van der Waals surface area contributed by atoms with Gasteiger partial charge in [0.15, 0.2) is 0 Å². The van der Waals surface area contributed by atoms with Crippen LogP contribution in [0.3, 0.4) is 0 Å². The van der Waals surface area contributed by atoms with E-state index >= 15 is 0 Å². The van der Waals surface area contributed by atoms with Gasteiger partial charge in [0.1, 0.15) is 29.7 Å². The Morgan fingerprint density at radius 3 is 2.22 bits per heavy atom. The van der Waals surface area contributed by atoms with E-state index in [9.17, 15) is 29.2 Å². The molecule has 5 amide bonds. The normalized spacial score (nSPS) is 26.2. The number of imide groups is 2. The van der Waals surface area contributed by atoms with Gasteiger partial charge < -0.3 is 19.7 Å². The van der Waals surface area contributed by atoms with Crippen molar-refractivity contribution < 1.29 is 33.4 Å². The zero-order chi connectivity index (χ0) is 41.1. The van der Waals surface area contributed by atoms with Crippen LogP contribution in [0, 0.1) is 28.1 Å². The third kappa shape index (κ3) is 7.06. The molecule has 1 unspecified atom stereocenters. The molecule has 0 spiro atoms. The number of rotatable bonds is 10. The lowest BCUT2D eigenvalue weighted by molar-refractivity contribution is -0.164. The number of nitrogens with one attached hydrogen (secondary N) is 2. The monoisotopic (exact) mass is 806 g/mol. The summed E-state index contributed by atoms with van der Waals surface area (Å²) in [5.74, 6) is -0.761. The molecule has 3 aromatic rings. The lowest BCUT2D eigenvalue weighted by Gasteiger charge is -2.63. The number of hydrogen-bond donors (Lipinski definition) is 2. The molecule has 3 aliphatic heterocycles. The number of fused-ring (bicyclic) bond motifs is 1. The van der Waals surface area contributed by atoms with E-state index in [1.165, 1.54) is 0 Å².